The molecule has 3 atom stereocenters. The molecular weight excluding hydrogens is 578 g/mol. The van der Waals surface area contributed by atoms with Crippen LogP contribution in [0.5, 0.6) is 11.5 Å². The molecule has 3 heterocycles. The lowest BCUT2D eigenvalue weighted by molar-refractivity contribution is 0.0940. The van der Waals surface area contributed by atoms with E-state index >= 15 is 0 Å². The highest BCUT2D eigenvalue weighted by atomic mass is 16.5. The van der Waals surface area contributed by atoms with Gasteiger partial charge in [0.15, 0.2) is 11.5 Å². The van der Waals surface area contributed by atoms with Gasteiger partial charge in [0.25, 0.3) is 11.8 Å². The van der Waals surface area contributed by atoms with Crippen molar-refractivity contribution in [2.75, 3.05) is 19.0 Å². The number of nitrogens with one attached hydrogen (secondary N) is 2. The molecule has 0 saturated heterocycles. The van der Waals surface area contributed by atoms with Crippen molar-refractivity contribution < 1.29 is 19.1 Å². The van der Waals surface area contributed by atoms with Gasteiger partial charge < -0.3 is 20.1 Å². The number of fused-ring (bicyclic) bond motifs is 3. The van der Waals surface area contributed by atoms with E-state index in [1.165, 1.54) is 31.9 Å². The zero-order valence-electron chi connectivity index (χ0n) is 25.6. The first-order valence-electron chi connectivity index (χ1n) is 15.7. The number of hydrogen-bond acceptors (Lipinski definition) is 7. The van der Waals surface area contributed by atoms with Crippen molar-refractivity contribution in [1.82, 2.24) is 20.3 Å². The molecule has 46 heavy (non-hydrogen) atoms. The zero-order chi connectivity index (χ0) is 31.5. The summed E-state index contributed by atoms with van der Waals surface area (Å²) in [6, 6.07) is 23.1. The maximum atomic E-state index is 13.5. The van der Waals surface area contributed by atoms with Crippen LogP contribution in [0.1, 0.15) is 63.8 Å². The number of amides is 2. The molecule has 3 unspecified atom stereocenters. The van der Waals surface area contributed by atoms with Crippen molar-refractivity contribution in [2.45, 2.75) is 31.7 Å². The molecule has 7 rings (SSSR count). The average molecular weight is 614 g/mol. The third-order valence-corrected chi connectivity index (χ3v) is 9.22. The summed E-state index contributed by atoms with van der Waals surface area (Å²) in [5.41, 5.74) is 3.39. The van der Waals surface area contributed by atoms with E-state index in [4.69, 9.17) is 9.47 Å². The van der Waals surface area contributed by atoms with Crippen LogP contribution in [0.15, 0.2) is 97.5 Å². The van der Waals surface area contributed by atoms with Gasteiger partial charge in [-0.25, -0.2) is 0 Å². The van der Waals surface area contributed by atoms with Gasteiger partial charge in [0, 0.05) is 29.7 Å². The second-order valence-corrected chi connectivity index (χ2v) is 12.1. The molecule has 0 aliphatic heterocycles. The molecule has 2 aliphatic rings. The molecule has 232 valence electrons. The quantitative estimate of drug-likeness (QED) is 0.182. The van der Waals surface area contributed by atoms with Gasteiger partial charge in [0.05, 0.1) is 41.7 Å². The minimum absolute atomic E-state index is 0.299. The van der Waals surface area contributed by atoms with Crippen molar-refractivity contribution in [3.8, 4) is 11.5 Å². The molecular formula is C37H35N5O4. The minimum Gasteiger partial charge on any atom is -0.493 e. The number of benzene rings is 2. The number of ether oxygens (including phenoxy) is 2. The molecule has 2 bridgehead atoms. The molecule has 2 N–H and O–H groups in total. The Bertz CT molecular complexity index is 1830. The summed E-state index contributed by atoms with van der Waals surface area (Å²) in [7, 11) is 1.59. The van der Waals surface area contributed by atoms with E-state index in [0.717, 1.165) is 17.2 Å². The smallest absolute Gasteiger partial charge is 0.259 e. The number of rotatable bonds is 10. The maximum Gasteiger partial charge on any atom is 0.259 e. The van der Waals surface area contributed by atoms with E-state index in [1.807, 2.05) is 48.5 Å². The summed E-state index contributed by atoms with van der Waals surface area (Å²) in [5, 5.41) is 6.80. The molecule has 0 radical (unpaired) electrons. The normalized spacial score (nSPS) is 18.4. The highest BCUT2D eigenvalue weighted by Crippen LogP contribution is 2.48. The monoisotopic (exact) mass is 613 g/mol. The Balaban J connectivity index is 1.06. The predicted octanol–water partition coefficient (Wildman–Crippen LogP) is 6.62. The Morgan fingerprint density at radius 2 is 1.67 bits per heavy atom. The first-order chi connectivity index (χ1) is 22.6. The molecule has 2 aromatic carbocycles. The Morgan fingerprint density at radius 3 is 2.35 bits per heavy atom. The van der Waals surface area contributed by atoms with E-state index in [-0.39, 0.29) is 11.8 Å². The van der Waals surface area contributed by atoms with Crippen LogP contribution in [0.4, 0.5) is 5.69 Å². The Morgan fingerprint density at radius 1 is 0.870 bits per heavy atom. The molecule has 5 aromatic rings. The van der Waals surface area contributed by atoms with Crippen LogP contribution < -0.4 is 20.1 Å². The highest BCUT2D eigenvalue weighted by molar-refractivity contribution is 6.07. The van der Waals surface area contributed by atoms with Crippen molar-refractivity contribution >= 4 is 28.4 Å². The van der Waals surface area contributed by atoms with E-state index in [1.54, 1.807) is 49.8 Å². The number of carbonyl (C=O) groups is 2. The average Bonchev–Trinajstić information content (AvgIpc) is 3.74. The van der Waals surface area contributed by atoms with Gasteiger partial charge in [0.1, 0.15) is 6.04 Å². The van der Waals surface area contributed by atoms with Gasteiger partial charge in [-0.2, -0.15) is 0 Å². The number of carbonyl (C=O) groups excluding carboxylic acids is 2. The fraction of sp³-hybridized carbons (Fsp3) is 0.270. The lowest BCUT2D eigenvalue weighted by Crippen LogP contribution is -2.30. The van der Waals surface area contributed by atoms with E-state index in [2.05, 4.69) is 25.6 Å². The first-order valence-corrected chi connectivity index (χ1v) is 15.7. The van der Waals surface area contributed by atoms with Crippen LogP contribution in [0.3, 0.4) is 0 Å². The topological polar surface area (TPSA) is 115 Å². The predicted molar refractivity (Wildman–Crippen MR) is 175 cm³/mol. The minimum atomic E-state index is -0.526. The number of para-hydroxylation sites is 1. The Labute approximate surface area is 267 Å². The van der Waals surface area contributed by atoms with E-state index in [0.29, 0.717) is 57.7 Å². The van der Waals surface area contributed by atoms with Crippen molar-refractivity contribution in [2.24, 2.45) is 17.8 Å². The number of methoxy groups -OCH3 is 1. The van der Waals surface area contributed by atoms with Crippen LogP contribution in [0, 0.1) is 17.8 Å². The van der Waals surface area contributed by atoms with E-state index < -0.39 is 6.04 Å². The third kappa shape index (κ3) is 6.13. The molecule has 2 saturated carbocycles. The number of anilines is 1. The van der Waals surface area contributed by atoms with Gasteiger partial charge >= 0.3 is 0 Å². The highest BCUT2D eigenvalue weighted by Gasteiger charge is 2.40. The lowest BCUT2D eigenvalue weighted by Gasteiger charge is -2.23. The standard InChI is InChI=1S/C37H35N5O4/c1-45-33-10-6-7-29(35(33)46-22-27-18-23-11-12-24(27)17-23)37(44)41-28-14-13-25-19-26(21-40-32(25)20-28)36(43)42-34(30-8-2-4-15-38-30)31-9-3-5-16-39-31/h2-10,13-16,19-21,23-24,27,34H,11-12,17-18,22H2,1H3,(H,41,44)(H,42,43). The van der Waals surface area contributed by atoms with Gasteiger partial charge in [-0.05, 0) is 91.6 Å². The van der Waals surface area contributed by atoms with Crippen molar-refractivity contribution in [3.63, 3.8) is 0 Å². The number of hydrogen-bond donors (Lipinski definition) is 2. The summed E-state index contributed by atoms with van der Waals surface area (Å²) in [5.74, 6) is 2.47. The molecule has 9 heteroatoms. The first kappa shape index (κ1) is 29.4. The molecule has 2 fully saturated rings. The summed E-state index contributed by atoms with van der Waals surface area (Å²) in [4.78, 5) is 40.3. The Kier molecular flexibility index (Phi) is 8.29. The molecule has 0 spiro atoms. The fourth-order valence-electron chi connectivity index (χ4n) is 6.90. The summed E-state index contributed by atoms with van der Waals surface area (Å²) < 4.78 is 11.9. The fourth-order valence-corrected chi connectivity index (χ4v) is 6.90. The number of nitrogens with zero attached hydrogens (tertiary/aromatic N) is 3. The van der Waals surface area contributed by atoms with Crippen LogP contribution in [0.2, 0.25) is 0 Å². The van der Waals surface area contributed by atoms with Gasteiger partial charge in [-0.3, -0.25) is 24.5 Å². The molecule has 9 nitrogen and oxygen atoms in total. The number of aromatic nitrogens is 3. The maximum absolute atomic E-state index is 13.5. The Hall–Kier alpha value is -5.31. The van der Waals surface area contributed by atoms with Crippen LogP contribution in [-0.2, 0) is 0 Å². The van der Waals surface area contributed by atoms with Gasteiger partial charge in [-0.1, -0.05) is 30.7 Å². The van der Waals surface area contributed by atoms with Crippen LogP contribution in [-0.4, -0.2) is 40.5 Å². The molecule has 2 amide bonds. The zero-order valence-corrected chi connectivity index (χ0v) is 25.6. The third-order valence-electron chi connectivity index (χ3n) is 9.22. The SMILES string of the molecule is COc1cccc(C(=O)Nc2ccc3cc(C(=O)NC(c4ccccn4)c4ccccn4)cnc3c2)c1OCC1CC2CCC1C2. The largest absolute Gasteiger partial charge is 0.493 e. The van der Waals surface area contributed by atoms with Crippen LogP contribution >= 0.6 is 0 Å². The van der Waals surface area contributed by atoms with Gasteiger partial charge in [-0.15, -0.1) is 0 Å². The molecule has 3 aromatic heterocycles. The second-order valence-electron chi connectivity index (χ2n) is 12.1. The van der Waals surface area contributed by atoms with E-state index in [9.17, 15) is 9.59 Å². The second kappa shape index (κ2) is 13.0. The lowest BCUT2D eigenvalue weighted by atomic mass is 9.89. The van der Waals surface area contributed by atoms with Crippen molar-refractivity contribution in [3.05, 3.63) is 120 Å². The summed E-state index contributed by atoms with van der Waals surface area (Å²) in [6.45, 7) is 0.585. The number of pyridine rings is 3. The summed E-state index contributed by atoms with van der Waals surface area (Å²) >= 11 is 0. The molecule has 2 aliphatic carbocycles. The van der Waals surface area contributed by atoms with Crippen LogP contribution in [0.25, 0.3) is 10.9 Å². The van der Waals surface area contributed by atoms with Gasteiger partial charge in [0.2, 0.25) is 0 Å². The van der Waals surface area contributed by atoms with Crippen molar-refractivity contribution in [1.29, 1.82) is 0 Å². The summed E-state index contributed by atoms with van der Waals surface area (Å²) in [6.07, 6.45) is 10.0.